The topological polar surface area (TPSA) is 60.5 Å². The molecule has 0 aliphatic rings. The zero-order valence-corrected chi connectivity index (χ0v) is 15.2. The van der Waals surface area contributed by atoms with E-state index in [4.69, 9.17) is 9.47 Å². The predicted octanol–water partition coefficient (Wildman–Crippen LogP) is 4.98. The maximum absolute atomic E-state index is 12.7. The van der Waals surface area contributed by atoms with Crippen molar-refractivity contribution in [1.29, 1.82) is 0 Å². The zero-order valence-electron chi connectivity index (χ0n) is 15.2. The molecule has 3 aromatic rings. The van der Waals surface area contributed by atoms with Gasteiger partial charge in [0.1, 0.15) is 11.5 Å². The minimum absolute atomic E-state index is 0.0575. The van der Waals surface area contributed by atoms with Crippen LogP contribution in [-0.4, -0.2) is 25.0 Å². The molecule has 1 heterocycles. The molecule has 0 aliphatic carbocycles. The van der Waals surface area contributed by atoms with Gasteiger partial charge in [0.2, 0.25) is 0 Å². The molecule has 0 unspecified atom stereocenters. The van der Waals surface area contributed by atoms with Crippen LogP contribution in [0.3, 0.4) is 0 Å². The maximum Gasteiger partial charge on any atom is 0.166 e. The second-order valence-electron chi connectivity index (χ2n) is 5.93. The number of hydrogen-bond donors (Lipinski definition) is 1. The summed E-state index contributed by atoms with van der Waals surface area (Å²) in [6, 6.07) is 13.2. The third-order valence-electron chi connectivity index (χ3n) is 4.22. The van der Waals surface area contributed by atoms with Gasteiger partial charge in [0, 0.05) is 18.0 Å². The molecule has 0 amide bonds. The van der Waals surface area contributed by atoms with E-state index in [1.165, 1.54) is 0 Å². The van der Waals surface area contributed by atoms with Crippen LogP contribution in [0, 0.1) is 0 Å². The number of pyridine rings is 1. The molecule has 0 spiro atoms. The summed E-state index contributed by atoms with van der Waals surface area (Å²) in [5.74, 6) is 1.47. The zero-order chi connectivity index (χ0) is 18.5. The lowest BCUT2D eigenvalue weighted by atomic mass is 10.0. The molecular weight excluding hydrogens is 328 g/mol. The highest BCUT2D eigenvalue weighted by atomic mass is 16.5. The summed E-state index contributed by atoms with van der Waals surface area (Å²) in [6.07, 6.45) is 2.89. The first-order chi connectivity index (χ1) is 12.7. The Kier molecular flexibility index (Phi) is 5.37. The summed E-state index contributed by atoms with van der Waals surface area (Å²) in [4.78, 5) is 17.1. The van der Waals surface area contributed by atoms with Crippen molar-refractivity contribution in [2.24, 2.45) is 0 Å². The van der Waals surface area contributed by atoms with E-state index in [0.717, 1.165) is 28.7 Å². The molecule has 0 atom stereocenters. The Morgan fingerprint density at radius 3 is 2.65 bits per heavy atom. The SMILES string of the molecule is CCCC(=O)c1cnc2ccc(OC)cc2c1Nc1ccccc1OC. The van der Waals surface area contributed by atoms with Crippen LogP contribution in [0.2, 0.25) is 0 Å². The second kappa shape index (κ2) is 7.87. The molecule has 0 saturated carbocycles. The lowest BCUT2D eigenvalue weighted by Crippen LogP contribution is -2.06. The molecule has 0 bridgehead atoms. The van der Waals surface area contributed by atoms with Crippen molar-refractivity contribution in [3.8, 4) is 11.5 Å². The quantitative estimate of drug-likeness (QED) is 0.609. The number of rotatable bonds is 7. The van der Waals surface area contributed by atoms with E-state index in [2.05, 4.69) is 10.3 Å². The number of ether oxygens (including phenoxy) is 2. The number of hydrogen-bond acceptors (Lipinski definition) is 5. The molecule has 2 aromatic carbocycles. The molecule has 5 heteroatoms. The number of ketones is 1. The maximum atomic E-state index is 12.7. The van der Waals surface area contributed by atoms with Crippen LogP contribution in [0.1, 0.15) is 30.1 Å². The van der Waals surface area contributed by atoms with E-state index >= 15 is 0 Å². The van der Waals surface area contributed by atoms with E-state index in [1.807, 2.05) is 49.4 Å². The molecule has 134 valence electrons. The van der Waals surface area contributed by atoms with Gasteiger partial charge in [-0.05, 0) is 36.8 Å². The molecule has 0 radical (unpaired) electrons. The summed E-state index contributed by atoms with van der Waals surface area (Å²) in [5, 5.41) is 4.22. The average Bonchev–Trinajstić information content (AvgIpc) is 2.68. The number of nitrogens with one attached hydrogen (secondary N) is 1. The van der Waals surface area contributed by atoms with Crippen LogP contribution in [-0.2, 0) is 0 Å². The van der Waals surface area contributed by atoms with E-state index in [1.54, 1.807) is 20.4 Å². The van der Waals surface area contributed by atoms with Crippen LogP contribution in [0.15, 0.2) is 48.7 Å². The summed E-state index contributed by atoms with van der Waals surface area (Å²) in [6.45, 7) is 1.99. The normalized spacial score (nSPS) is 10.6. The number of Topliss-reactive ketones (excluding diaryl/α,β-unsaturated/α-hetero) is 1. The van der Waals surface area contributed by atoms with E-state index in [0.29, 0.717) is 23.5 Å². The van der Waals surface area contributed by atoms with Crippen molar-refractivity contribution in [1.82, 2.24) is 4.98 Å². The predicted molar refractivity (Wildman–Crippen MR) is 104 cm³/mol. The standard InChI is InChI=1S/C21H22N2O3/c1-4-7-19(24)16-13-22-17-11-10-14(25-2)12-15(17)21(16)23-18-8-5-6-9-20(18)26-3/h5-6,8-13H,4,7H2,1-3H3,(H,22,23). The van der Waals surface area contributed by atoms with Gasteiger partial charge in [0.05, 0.1) is 36.7 Å². The molecular formula is C21H22N2O3. The van der Waals surface area contributed by atoms with Crippen molar-refractivity contribution >= 4 is 28.1 Å². The molecule has 1 N–H and O–H groups in total. The third kappa shape index (κ3) is 3.47. The van der Waals surface area contributed by atoms with Gasteiger partial charge in [-0.25, -0.2) is 0 Å². The van der Waals surface area contributed by atoms with Gasteiger partial charge in [0.15, 0.2) is 5.78 Å². The molecule has 3 rings (SSSR count). The van der Waals surface area contributed by atoms with Crippen molar-refractivity contribution in [2.45, 2.75) is 19.8 Å². The highest BCUT2D eigenvalue weighted by Gasteiger charge is 2.17. The van der Waals surface area contributed by atoms with Crippen molar-refractivity contribution < 1.29 is 14.3 Å². The fourth-order valence-corrected chi connectivity index (χ4v) is 2.89. The summed E-state index contributed by atoms with van der Waals surface area (Å²) < 4.78 is 10.8. The van der Waals surface area contributed by atoms with Gasteiger partial charge in [-0.3, -0.25) is 9.78 Å². The Labute approximate surface area is 153 Å². The first-order valence-electron chi connectivity index (χ1n) is 8.58. The number of aromatic nitrogens is 1. The van der Waals surface area contributed by atoms with Crippen molar-refractivity contribution in [3.05, 3.63) is 54.2 Å². The number of carbonyl (C=O) groups is 1. The largest absolute Gasteiger partial charge is 0.497 e. The average molecular weight is 350 g/mol. The summed E-state index contributed by atoms with van der Waals surface area (Å²) in [7, 11) is 3.24. The Bertz CT molecular complexity index is 938. The fraction of sp³-hybridized carbons (Fsp3) is 0.238. The smallest absolute Gasteiger partial charge is 0.166 e. The molecule has 0 saturated heterocycles. The molecule has 0 fully saturated rings. The van der Waals surface area contributed by atoms with Gasteiger partial charge in [-0.2, -0.15) is 0 Å². The van der Waals surface area contributed by atoms with E-state index in [-0.39, 0.29) is 5.78 Å². The second-order valence-corrected chi connectivity index (χ2v) is 5.93. The highest BCUT2D eigenvalue weighted by Crippen LogP contribution is 2.35. The number of methoxy groups -OCH3 is 2. The van der Waals surface area contributed by atoms with Gasteiger partial charge < -0.3 is 14.8 Å². The van der Waals surface area contributed by atoms with Crippen LogP contribution < -0.4 is 14.8 Å². The van der Waals surface area contributed by atoms with Gasteiger partial charge in [0.25, 0.3) is 0 Å². The van der Waals surface area contributed by atoms with E-state index in [9.17, 15) is 4.79 Å². The lowest BCUT2D eigenvalue weighted by Gasteiger charge is -2.16. The van der Waals surface area contributed by atoms with E-state index < -0.39 is 0 Å². The number of fused-ring (bicyclic) bond motifs is 1. The van der Waals surface area contributed by atoms with Crippen LogP contribution >= 0.6 is 0 Å². The van der Waals surface area contributed by atoms with Gasteiger partial charge >= 0.3 is 0 Å². The Balaban J connectivity index is 2.20. The van der Waals surface area contributed by atoms with Crippen LogP contribution in [0.4, 0.5) is 11.4 Å². The third-order valence-corrected chi connectivity index (χ3v) is 4.22. The number of anilines is 2. The number of carbonyl (C=O) groups excluding carboxylic acids is 1. The van der Waals surface area contributed by atoms with Crippen LogP contribution in [0.5, 0.6) is 11.5 Å². The molecule has 5 nitrogen and oxygen atoms in total. The summed E-state index contributed by atoms with van der Waals surface area (Å²) >= 11 is 0. The number of nitrogens with zero attached hydrogens (tertiary/aromatic N) is 1. The molecule has 1 aromatic heterocycles. The highest BCUT2D eigenvalue weighted by molar-refractivity contribution is 6.09. The molecule has 26 heavy (non-hydrogen) atoms. The first kappa shape index (κ1) is 17.7. The lowest BCUT2D eigenvalue weighted by molar-refractivity contribution is 0.0982. The Morgan fingerprint density at radius 1 is 1.12 bits per heavy atom. The first-order valence-corrected chi connectivity index (χ1v) is 8.58. The Morgan fingerprint density at radius 2 is 1.92 bits per heavy atom. The minimum Gasteiger partial charge on any atom is -0.497 e. The number of benzene rings is 2. The number of para-hydroxylation sites is 2. The van der Waals surface area contributed by atoms with Crippen molar-refractivity contribution in [3.63, 3.8) is 0 Å². The van der Waals surface area contributed by atoms with Crippen molar-refractivity contribution in [2.75, 3.05) is 19.5 Å². The summed E-state index contributed by atoms with van der Waals surface area (Å²) in [5.41, 5.74) is 2.86. The fourth-order valence-electron chi connectivity index (χ4n) is 2.89. The van der Waals surface area contributed by atoms with Gasteiger partial charge in [-0.15, -0.1) is 0 Å². The minimum atomic E-state index is 0.0575. The van der Waals surface area contributed by atoms with Crippen LogP contribution in [0.25, 0.3) is 10.9 Å². The molecule has 0 aliphatic heterocycles. The Hall–Kier alpha value is -3.08. The van der Waals surface area contributed by atoms with Gasteiger partial charge in [-0.1, -0.05) is 19.1 Å². The monoisotopic (exact) mass is 350 g/mol.